The van der Waals surface area contributed by atoms with E-state index in [9.17, 15) is 14.4 Å². The lowest BCUT2D eigenvalue weighted by atomic mass is 9.92. The molecular weight excluding hydrogens is 280 g/mol. The van der Waals surface area contributed by atoms with E-state index in [-0.39, 0.29) is 41.4 Å². The number of carbonyl (C=O) groups is 3. The monoisotopic (exact) mass is 312 g/mol. The van der Waals surface area contributed by atoms with Gasteiger partial charge in [-0.25, -0.2) is 0 Å². The molecule has 2 amide bonds. The predicted octanol–water partition coefficient (Wildman–Crippen LogP) is 2.58. The minimum Gasteiger partial charge on any atom is -0.356 e. The molecule has 0 fully saturated rings. The molecule has 5 heteroatoms. The number of carbonyl (C=O) groups excluding carboxylic acids is 3. The molecular formula is C17H32N2O3. The first kappa shape index (κ1) is 20.6. The Morgan fingerprint density at radius 3 is 1.91 bits per heavy atom. The number of hydrogen-bond donors (Lipinski definition) is 2. The summed E-state index contributed by atoms with van der Waals surface area (Å²) in [6.07, 6.45) is 1.99. The Hall–Kier alpha value is -1.39. The van der Waals surface area contributed by atoms with Crippen LogP contribution in [0.2, 0.25) is 0 Å². The fraction of sp³-hybridized carbons (Fsp3) is 0.824. The molecule has 5 nitrogen and oxygen atoms in total. The topological polar surface area (TPSA) is 75.3 Å². The molecule has 0 unspecified atom stereocenters. The number of hydrogen-bond acceptors (Lipinski definition) is 3. The lowest BCUT2D eigenvalue weighted by Crippen LogP contribution is -2.40. The number of rotatable bonds is 8. The van der Waals surface area contributed by atoms with Gasteiger partial charge >= 0.3 is 0 Å². The summed E-state index contributed by atoms with van der Waals surface area (Å²) in [6, 6.07) is 0. The minimum atomic E-state index is -0.266. The van der Waals surface area contributed by atoms with Crippen LogP contribution in [-0.4, -0.2) is 29.7 Å². The molecule has 0 atom stereocenters. The van der Waals surface area contributed by atoms with Crippen molar-refractivity contribution in [1.29, 1.82) is 0 Å². The van der Waals surface area contributed by atoms with Crippen LogP contribution in [0, 0.1) is 5.41 Å². The van der Waals surface area contributed by atoms with Crippen molar-refractivity contribution in [2.45, 2.75) is 79.2 Å². The van der Waals surface area contributed by atoms with Crippen LogP contribution in [0.3, 0.4) is 0 Å². The highest BCUT2D eigenvalue weighted by atomic mass is 16.2. The Morgan fingerprint density at radius 1 is 0.818 bits per heavy atom. The zero-order chi connectivity index (χ0) is 17.4. The standard InChI is InChI=1S/C17H32N2O3/c1-16(2,3)12-15(22)18-11-7-8-13(20)9-10-14(21)19-17(4,5)6/h7-12H2,1-6H3,(H,18,22)(H,19,21). The molecule has 0 aliphatic heterocycles. The Kier molecular flexibility index (Phi) is 8.35. The van der Waals surface area contributed by atoms with Crippen molar-refractivity contribution in [1.82, 2.24) is 10.6 Å². The summed E-state index contributed by atoms with van der Waals surface area (Å²) in [5.41, 5.74) is -0.294. The summed E-state index contributed by atoms with van der Waals surface area (Å²) >= 11 is 0. The van der Waals surface area contributed by atoms with E-state index in [0.717, 1.165) is 0 Å². The van der Waals surface area contributed by atoms with Crippen molar-refractivity contribution in [3.05, 3.63) is 0 Å². The Balaban J connectivity index is 3.75. The Labute approximate surface area is 134 Å². The van der Waals surface area contributed by atoms with Crippen molar-refractivity contribution in [3.63, 3.8) is 0 Å². The predicted molar refractivity (Wildman–Crippen MR) is 88.5 cm³/mol. The van der Waals surface area contributed by atoms with E-state index in [2.05, 4.69) is 10.6 Å². The molecule has 0 aliphatic rings. The highest BCUT2D eigenvalue weighted by Gasteiger charge is 2.16. The molecule has 22 heavy (non-hydrogen) atoms. The summed E-state index contributed by atoms with van der Waals surface area (Å²) in [7, 11) is 0. The molecule has 0 radical (unpaired) electrons. The first-order valence-corrected chi connectivity index (χ1v) is 7.98. The zero-order valence-corrected chi connectivity index (χ0v) is 15.0. The van der Waals surface area contributed by atoms with Crippen molar-refractivity contribution in [3.8, 4) is 0 Å². The molecule has 0 rings (SSSR count). The van der Waals surface area contributed by atoms with Crippen LogP contribution < -0.4 is 10.6 Å². The van der Waals surface area contributed by atoms with Crippen LogP contribution >= 0.6 is 0 Å². The van der Waals surface area contributed by atoms with E-state index in [0.29, 0.717) is 25.8 Å². The van der Waals surface area contributed by atoms with Gasteiger partial charge in [-0.15, -0.1) is 0 Å². The maximum Gasteiger partial charge on any atom is 0.220 e. The van der Waals surface area contributed by atoms with E-state index >= 15 is 0 Å². The van der Waals surface area contributed by atoms with E-state index in [1.807, 2.05) is 41.5 Å². The highest BCUT2D eigenvalue weighted by Crippen LogP contribution is 2.17. The van der Waals surface area contributed by atoms with Crippen molar-refractivity contribution in [2.75, 3.05) is 6.54 Å². The third kappa shape index (κ3) is 13.6. The average Bonchev–Trinajstić information content (AvgIpc) is 2.27. The van der Waals surface area contributed by atoms with Gasteiger partial charge in [0.1, 0.15) is 5.78 Å². The van der Waals surface area contributed by atoms with Gasteiger partial charge in [-0.1, -0.05) is 20.8 Å². The second kappa shape index (κ2) is 8.91. The summed E-state index contributed by atoms with van der Waals surface area (Å²) in [5, 5.41) is 5.65. The maximum atomic E-state index is 11.7. The van der Waals surface area contributed by atoms with Gasteiger partial charge in [0.15, 0.2) is 0 Å². The molecule has 0 aromatic carbocycles. The van der Waals surface area contributed by atoms with Gasteiger partial charge in [-0.05, 0) is 32.6 Å². The number of nitrogens with one attached hydrogen (secondary N) is 2. The molecule has 128 valence electrons. The van der Waals surface area contributed by atoms with Gasteiger partial charge in [0, 0.05) is 37.8 Å². The first-order chi connectivity index (χ1) is 9.89. The molecule has 2 N–H and O–H groups in total. The van der Waals surface area contributed by atoms with Gasteiger partial charge in [0.2, 0.25) is 11.8 Å². The van der Waals surface area contributed by atoms with Crippen LogP contribution in [0.5, 0.6) is 0 Å². The highest BCUT2D eigenvalue weighted by molar-refractivity contribution is 5.85. The third-order valence-electron chi connectivity index (χ3n) is 2.79. The second-order valence-corrected chi connectivity index (χ2v) is 8.03. The molecule has 0 aromatic rings. The van der Waals surface area contributed by atoms with Crippen molar-refractivity contribution >= 4 is 17.6 Å². The molecule has 0 heterocycles. The van der Waals surface area contributed by atoms with Crippen LogP contribution in [0.25, 0.3) is 0 Å². The van der Waals surface area contributed by atoms with Crippen LogP contribution in [0.1, 0.15) is 73.6 Å². The van der Waals surface area contributed by atoms with Crippen molar-refractivity contribution in [2.24, 2.45) is 5.41 Å². The molecule has 0 saturated heterocycles. The smallest absolute Gasteiger partial charge is 0.220 e. The van der Waals surface area contributed by atoms with Crippen LogP contribution in [-0.2, 0) is 14.4 Å². The maximum absolute atomic E-state index is 11.7. The lowest BCUT2D eigenvalue weighted by molar-refractivity contribution is -0.126. The molecule has 0 saturated carbocycles. The summed E-state index contributed by atoms with van der Waals surface area (Å²) < 4.78 is 0. The van der Waals surface area contributed by atoms with Gasteiger partial charge in [-0.3, -0.25) is 14.4 Å². The van der Waals surface area contributed by atoms with Gasteiger partial charge in [0.05, 0.1) is 0 Å². The quantitative estimate of drug-likeness (QED) is 0.676. The van der Waals surface area contributed by atoms with Crippen molar-refractivity contribution < 1.29 is 14.4 Å². The number of amides is 2. The minimum absolute atomic E-state index is 0.0181. The summed E-state index contributed by atoms with van der Waals surface area (Å²) in [4.78, 5) is 34.9. The molecule has 0 bridgehead atoms. The normalized spacial score (nSPS) is 11.9. The SMILES string of the molecule is CC(C)(C)CC(=O)NCCCC(=O)CCC(=O)NC(C)(C)C. The first-order valence-electron chi connectivity index (χ1n) is 7.98. The molecule has 0 aromatic heterocycles. The van der Waals surface area contributed by atoms with E-state index < -0.39 is 0 Å². The fourth-order valence-corrected chi connectivity index (χ4v) is 1.92. The fourth-order valence-electron chi connectivity index (χ4n) is 1.92. The lowest BCUT2D eigenvalue weighted by Gasteiger charge is -2.20. The molecule has 0 spiro atoms. The summed E-state index contributed by atoms with van der Waals surface area (Å²) in [6.45, 7) is 12.3. The third-order valence-corrected chi connectivity index (χ3v) is 2.79. The Morgan fingerprint density at radius 2 is 1.41 bits per heavy atom. The van der Waals surface area contributed by atoms with E-state index in [4.69, 9.17) is 0 Å². The number of ketones is 1. The van der Waals surface area contributed by atoms with Crippen LogP contribution in [0.4, 0.5) is 0 Å². The largest absolute Gasteiger partial charge is 0.356 e. The number of Topliss-reactive ketones (excluding diaryl/α,β-unsaturated/α-hetero) is 1. The molecule has 0 aliphatic carbocycles. The zero-order valence-electron chi connectivity index (χ0n) is 15.0. The Bertz CT molecular complexity index is 390. The second-order valence-electron chi connectivity index (χ2n) is 8.03. The van der Waals surface area contributed by atoms with Gasteiger partial charge in [0.25, 0.3) is 0 Å². The van der Waals surface area contributed by atoms with E-state index in [1.54, 1.807) is 0 Å². The van der Waals surface area contributed by atoms with Crippen LogP contribution in [0.15, 0.2) is 0 Å². The van der Waals surface area contributed by atoms with Gasteiger partial charge in [-0.2, -0.15) is 0 Å². The summed E-state index contributed by atoms with van der Waals surface area (Å²) in [5.74, 6) is -0.0158. The van der Waals surface area contributed by atoms with E-state index in [1.165, 1.54) is 0 Å². The van der Waals surface area contributed by atoms with Gasteiger partial charge < -0.3 is 10.6 Å². The average molecular weight is 312 g/mol.